The molecule has 1 atom stereocenters. The van der Waals surface area contributed by atoms with Crippen LogP contribution in [0.3, 0.4) is 0 Å². The van der Waals surface area contributed by atoms with Crippen LogP contribution < -0.4 is 10.1 Å². The third-order valence-corrected chi connectivity index (χ3v) is 8.16. The molecule has 0 bridgehead atoms. The number of methoxy groups -OCH3 is 1. The van der Waals surface area contributed by atoms with Gasteiger partial charge < -0.3 is 24.5 Å². The number of nitrogens with zero attached hydrogens (tertiary/aromatic N) is 2. The van der Waals surface area contributed by atoms with Gasteiger partial charge in [0, 0.05) is 20.1 Å². The number of hydrogen-bond donors (Lipinski definition) is 2. The van der Waals surface area contributed by atoms with Crippen LogP contribution in [0.4, 0.5) is 0 Å². The van der Waals surface area contributed by atoms with Gasteiger partial charge in [0.05, 0.1) is 43.5 Å². The number of aliphatic carboxylic acids is 1. The first kappa shape index (κ1) is 31.5. The van der Waals surface area contributed by atoms with E-state index < -0.39 is 17.9 Å². The Balaban J connectivity index is 1.49. The summed E-state index contributed by atoms with van der Waals surface area (Å²) in [6.07, 6.45) is 0. The number of carbonyl (C=O) groups is 2. The van der Waals surface area contributed by atoms with Crippen LogP contribution in [0.2, 0.25) is 10.0 Å². The Morgan fingerprint density at radius 1 is 1.05 bits per heavy atom. The van der Waals surface area contributed by atoms with Gasteiger partial charge in [0.2, 0.25) is 0 Å². The highest BCUT2D eigenvalue weighted by molar-refractivity contribution is 9.10. The molecule has 0 aliphatic heterocycles. The maximum absolute atomic E-state index is 13.2. The Morgan fingerprint density at radius 3 is 2.52 bits per heavy atom. The van der Waals surface area contributed by atoms with Crippen LogP contribution in [0.15, 0.2) is 83.3 Å². The van der Waals surface area contributed by atoms with E-state index in [1.165, 1.54) is 0 Å². The molecule has 11 heteroatoms. The summed E-state index contributed by atoms with van der Waals surface area (Å²) in [6, 6.07) is 22.4. The van der Waals surface area contributed by atoms with Crippen LogP contribution in [0.5, 0.6) is 5.75 Å². The Bertz CT molecular complexity index is 1820. The van der Waals surface area contributed by atoms with Gasteiger partial charge in [-0.15, -0.1) is 0 Å². The van der Waals surface area contributed by atoms with Crippen molar-refractivity contribution in [3.63, 3.8) is 0 Å². The fourth-order valence-corrected chi connectivity index (χ4v) is 5.88. The second-order valence-electron chi connectivity index (χ2n) is 10.1. The number of ether oxygens (including phenoxy) is 2. The molecule has 0 aliphatic carbocycles. The topological polar surface area (TPSA) is 103 Å². The lowest BCUT2D eigenvalue weighted by Gasteiger charge is -2.16. The molecule has 0 fully saturated rings. The lowest BCUT2D eigenvalue weighted by Crippen LogP contribution is -2.44. The van der Waals surface area contributed by atoms with Gasteiger partial charge in [-0.3, -0.25) is 4.79 Å². The van der Waals surface area contributed by atoms with Gasteiger partial charge in [-0.1, -0.05) is 69.5 Å². The van der Waals surface area contributed by atoms with E-state index in [1.54, 1.807) is 31.4 Å². The lowest BCUT2D eigenvalue weighted by atomic mass is 10.1. The van der Waals surface area contributed by atoms with E-state index in [-0.39, 0.29) is 18.8 Å². The van der Waals surface area contributed by atoms with Crippen molar-refractivity contribution in [3.05, 3.63) is 116 Å². The molecule has 1 amide bonds. The van der Waals surface area contributed by atoms with E-state index >= 15 is 0 Å². The van der Waals surface area contributed by atoms with Gasteiger partial charge in [0.25, 0.3) is 5.91 Å². The third-order valence-electron chi connectivity index (χ3n) is 7.11. The number of carboxylic acid groups (broad SMARTS) is 1. The van der Waals surface area contributed by atoms with Crippen molar-refractivity contribution in [1.29, 1.82) is 0 Å². The first-order chi connectivity index (χ1) is 21.1. The summed E-state index contributed by atoms with van der Waals surface area (Å²) in [5.74, 6) is -0.549. The van der Waals surface area contributed by atoms with Crippen LogP contribution in [0.25, 0.3) is 22.4 Å². The molecule has 44 heavy (non-hydrogen) atoms. The molecule has 226 valence electrons. The number of aryl methyl sites for hydroxylation is 1. The second-order valence-corrected chi connectivity index (χ2v) is 11.9. The van der Waals surface area contributed by atoms with E-state index in [0.29, 0.717) is 33.7 Å². The Morgan fingerprint density at radius 2 is 1.82 bits per heavy atom. The molecule has 5 aromatic rings. The van der Waals surface area contributed by atoms with Gasteiger partial charge in [0.1, 0.15) is 11.6 Å². The number of imidazole rings is 1. The van der Waals surface area contributed by atoms with Crippen molar-refractivity contribution >= 4 is 62.0 Å². The Labute approximate surface area is 272 Å². The normalized spacial score (nSPS) is 11.8. The average Bonchev–Trinajstić information content (AvgIpc) is 3.36. The maximum atomic E-state index is 13.2. The van der Waals surface area contributed by atoms with E-state index in [9.17, 15) is 14.7 Å². The molecule has 0 saturated heterocycles. The predicted molar refractivity (Wildman–Crippen MR) is 175 cm³/mol. The molecule has 0 radical (unpaired) electrons. The monoisotopic (exact) mass is 695 g/mol. The Kier molecular flexibility index (Phi) is 9.90. The molecule has 1 aromatic heterocycles. The molecule has 8 nitrogen and oxygen atoms in total. The first-order valence-corrected chi connectivity index (χ1v) is 15.1. The van der Waals surface area contributed by atoms with Gasteiger partial charge in [-0.2, -0.15) is 0 Å². The molecule has 5 rings (SSSR count). The summed E-state index contributed by atoms with van der Waals surface area (Å²) in [6.45, 7) is 2.34. The van der Waals surface area contributed by atoms with Gasteiger partial charge in [-0.25, -0.2) is 9.78 Å². The quantitative estimate of drug-likeness (QED) is 0.148. The fraction of sp³-hybridized carbons (Fsp3) is 0.182. The zero-order chi connectivity index (χ0) is 31.4. The summed E-state index contributed by atoms with van der Waals surface area (Å²) < 4.78 is 14.1. The van der Waals surface area contributed by atoms with Crippen molar-refractivity contribution in [3.8, 4) is 17.1 Å². The zero-order valence-corrected chi connectivity index (χ0v) is 26.9. The molecular formula is C33H28BrCl2N3O5. The number of carboxylic acids is 1. The first-order valence-electron chi connectivity index (χ1n) is 13.6. The molecule has 0 saturated carbocycles. The minimum atomic E-state index is -1.24. The van der Waals surface area contributed by atoms with E-state index in [4.69, 9.17) is 37.7 Å². The number of aromatic nitrogens is 2. The SMILES string of the molecule is COc1ccc(Br)cc1-c1nc2cc(C(=O)NC(COCc3ccccc3)C(=O)O)ccc2n1Cc1c(C)cc(Cl)cc1Cl. The van der Waals surface area contributed by atoms with Crippen LogP contribution in [-0.4, -0.2) is 46.3 Å². The van der Waals surface area contributed by atoms with Crippen molar-refractivity contribution in [1.82, 2.24) is 14.9 Å². The number of amides is 1. The average molecular weight is 697 g/mol. The number of hydrogen-bond acceptors (Lipinski definition) is 5. The summed E-state index contributed by atoms with van der Waals surface area (Å²) in [4.78, 5) is 30.1. The van der Waals surface area contributed by atoms with Gasteiger partial charge >= 0.3 is 5.97 Å². The highest BCUT2D eigenvalue weighted by atomic mass is 79.9. The third kappa shape index (κ3) is 7.08. The summed E-state index contributed by atoms with van der Waals surface area (Å²) in [5.41, 5.74) is 4.94. The summed E-state index contributed by atoms with van der Waals surface area (Å²) >= 11 is 16.4. The van der Waals surface area contributed by atoms with Gasteiger partial charge in [-0.05, 0) is 72.1 Å². The largest absolute Gasteiger partial charge is 0.496 e. The number of fused-ring (bicyclic) bond motifs is 1. The van der Waals surface area contributed by atoms with Crippen LogP contribution in [-0.2, 0) is 22.7 Å². The molecule has 0 spiro atoms. The Hall–Kier alpha value is -3.89. The van der Waals surface area contributed by atoms with Crippen molar-refractivity contribution in [2.24, 2.45) is 0 Å². The lowest BCUT2D eigenvalue weighted by molar-refractivity contribution is -0.141. The highest BCUT2D eigenvalue weighted by Gasteiger charge is 2.23. The highest BCUT2D eigenvalue weighted by Crippen LogP contribution is 2.36. The van der Waals surface area contributed by atoms with Crippen molar-refractivity contribution in [2.45, 2.75) is 26.1 Å². The summed E-state index contributed by atoms with van der Waals surface area (Å²) in [7, 11) is 1.59. The number of halogens is 3. The standard InChI is InChI=1S/C33H28BrCl2N3O5/c1-19-12-23(35)15-26(36)25(19)16-39-29-10-8-21(13-27(29)37-31(39)24-14-22(34)9-11-30(24)43-2)32(40)38-28(33(41)42)18-44-17-20-6-4-3-5-7-20/h3-15,28H,16-18H2,1-2H3,(H,38,40)(H,41,42). The summed E-state index contributed by atoms with van der Waals surface area (Å²) in [5, 5.41) is 13.4. The van der Waals surface area contributed by atoms with Crippen LogP contribution >= 0.6 is 39.1 Å². The molecule has 1 unspecified atom stereocenters. The number of nitrogens with one attached hydrogen (secondary N) is 1. The molecular weight excluding hydrogens is 669 g/mol. The van der Waals surface area contributed by atoms with E-state index in [0.717, 1.165) is 32.2 Å². The minimum Gasteiger partial charge on any atom is -0.496 e. The molecule has 1 heterocycles. The number of rotatable bonds is 11. The van der Waals surface area contributed by atoms with Crippen molar-refractivity contribution < 1.29 is 24.2 Å². The molecule has 2 N–H and O–H groups in total. The smallest absolute Gasteiger partial charge is 0.328 e. The fourth-order valence-electron chi connectivity index (χ4n) is 4.87. The molecule has 0 aliphatic rings. The minimum absolute atomic E-state index is 0.194. The van der Waals surface area contributed by atoms with E-state index in [1.807, 2.05) is 66.1 Å². The van der Waals surface area contributed by atoms with Crippen LogP contribution in [0, 0.1) is 6.92 Å². The zero-order valence-electron chi connectivity index (χ0n) is 23.8. The van der Waals surface area contributed by atoms with Gasteiger partial charge in [0.15, 0.2) is 6.04 Å². The number of carbonyl (C=O) groups excluding carboxylic acids is 1. The van der Waals surface area contributed by atoms with Crippen LogP contribution in [0.1, 0.15) is 27.0 Å². The second kappa shape index (κ2) is 13.8. The van der Waals surface area contributed by atoms with E-state index in [2.05, 4.69) is 21.2 Å². The maximum Gasteiger partial charge on any atom is 0.328 e. The number of benzene rings is 4. The van der Waals surface area contributed by atoms with Crippen molar-refractivity contribution in [2.75, 3.05) is 13.7 Å². The predicted octanol–water partition coefficient (Wildman–Crippen LogP) is 7.54. The molecule has 4 aromatic carbocycles.